The number of rotatable bonds is 7. The van der Waals surface area contributed by atoms with Gasteiger partial charge in [0, 0.05) is 25.2 Å². The van der Waals surface area contributed by atoms with Crippen molar-refractivity contribution in [1.29, 1.82) is 0 Å². The molecular weight excluding hydrogens is 270 g/mol. The molecule has 6 heteroatoms. The summed E-state index contributed by atoms with van der Waals surface area (Å²) < 4.78 is 0. The van der Waals surface area contributed by atoms with E-state index < -0.39 is 4.92 Å². The van der Waals surface area contributed by atoms with Gasteiger partial charge in [-0.25, -0.2) is 0 Å². The predicted molar refractivity (Wildman–Crippen MR) is 81.6 cm³/mol. The Morgan fingerprint density at radius 1 is 1.43 bits per heavy atom. The highest BCUT2D eigenvalue weighted by Crippen LogP contribution is 2.48. The predicted octanol–water partition coefficient (Wildman–Crippen LogP) is 2.95. The highest BCUT2D eigenvalue weighted by molar-refractivity contribution is 5.95. The van der Waals surface area contributed by atoms with Crippen LogP contribution in [0.15, 0.2) is 18.2 Å². The van der Waals surface area contributed by atoms with E-state index in [9.17, 15) is 14.9 Å². The number of benzene rings is 1. The molecule has 1 amide bonds. The molecule has 0 aliphatic heterocycles. The van der Waals surface area contributed by atoms with E-state index in [1.807, 2.05) is 0 Å². The van der Waals surface area contributed by atoms with Crippen molar-refractivity contribution in [2.45, 2.75) is 32.6 Å². The Morgan fingerprint density at radius 3 is 2.67 bits per heavy atom. The molecule has 2 N–H and O–H groups in total. The number of nitro benzene ring substituents is 1. The van der Waals surface area contributed by atoms with Gasteiger partial charge in [0.25, 0.3) is 11.6 Å². The first-order valence-corrected chi connectivity index (χ1v) is 7.26. The zero-order valence-corrected chi connectivity index (χ0v) is 12.4. The number of nitrogens with one attached hydrogen (secondary N) is 2. The number of anilines is 1. The third kappa shape index (κ3) is 3.51. The van der Waals surface area contributed by atoms with E-state index in [2.05, 4.69) is 17.6 Å². The fourth-order valence-electron chi connectivity index (χ4n) is 2.63. The molecule has 114 valence electrons. The summed E-state index contributed by atoms with van der Waals surface area (Å²) in [5, 5.41) is 16.7. The maximum atomic E-state index is 12.1. The minimum absolute atomic E-state index is 0.0835. The minimum Gasteiger partial charge on any atom is -0.383 e. The summed E-state index contributed by atoms with van der Waals surface area (Å²) in [5.74, 6) is -0.247. The lowest BCUT2D eigenvalue weighted by Crippen LogP contribution is -2.30. The van der Waals surface area contributed by atoms with E-state index in [0.29, 0.717) is 17.8 Å². The fraction of sp³-hybridized carbons (Fsp3) is 0.533. The van der Waals surface area contributed by atoms with Gasteiger partial charge < -0.3 is 10.6 Å². The van der Waals surface area contributed by atoms with Crippen LogP contribution in [0, 0.1) is 15.5 Å². The summed E-state index contributed by atoms with van der Waals surface area (Å²) in [6.45, 7) is 2.79. The third-order valence-electron chi connectivity index (χ3n) is 4.09. The first kappa shape index (κ1) is 15.3. The van der Waals surface area contributed by atoms with Crippen molar-refractivity contribution < 1.29 is 9.72 Å². The molecule has 1 aliphatic rings. The lowest BCUT2D eigenvalue weighted by Gasteiger charge is -2.15. The van der Waals surface area contributed by atoms with Crippen molar-refractivity contribution in [2.75, 3.05) is 18.9 Å². The molecule has 0 radical (unpaired) electrons. The first-order chi connectivity index (χ1) is 10.0. The average Bonchev–Trinajstić information content (AvgIpc) is 3.24. The van der Waals surface area contributed by atoms with Gasteiger partial charge in [0.1, 0.15) is 5.69 Å². The van der Waals surface area contributed by atoms with Gasteiger partial charge in [-0.3, -0.25) is 14.9 Å². The fourth-order valence-corrected chi connectivity index (χ4v) is 2.63. The topological polar surface area (TPSA) is 84.3 Å². The monoisotopic (exact) mass is 291 g/mol. The summed E-state index contributed by atoms with van der Waals surface area (Å²) in [7, 11) is 1.61. The van der Waals surface area contributed by atoms with Crippen molar-refractivity contribution in [3.05, 3.63) is 33.9 Å². The minimum atomic E-state index is -0.484. The van der Waals surface area contributed by atoms with Gasteiger partial charge in [0.15, 0.2) is 0 Å². The molecule has 0 atom stereocenters. The van der Waals surface area contributed by atoms with Gasteiger partial charge in [-0.2, -0.15) is 0 Å². The third-order valence-corrected chi connectivity index (χ3v) is 4.09. The number of hydrogen-bond donors (Lipinski definition) is 2. The maximum Gasteiger partial charge on any atom is 0.293 e. The van der Waals surface area contributed by atoms with Crippen LogP contribution in [0.1, 0.15) is 43.0 Å². The Kier molecular flexibility index (Phi) is 4.45. The molecule has 1 saturated carbocycles. The number of hydrogen-bond acceptors (Lipinski definition) is 4. The Labute approximate surface area is 124 Å². The zero-order valence-electron chi connectivity index (χ0n) is 12.4. The van der Waals surface area contributed by atoms with E-state index in [0.717, 1.165) is 25.7 Å². The lowest BCUT2D eigenvalue weighted by molar-refractivity contribution is -0.384. The van der Waals surface area contributed by atoms with Gasteiger partial charge in [-0.05, 0) is 36.8 Å². The van der Waals surface area contributed by atoms with Crippen LogP contribution in [0.5, 0.6) is 0 Å². The molecule has 0 saturated heterocycles. The number of carbonyl (C=O) groups excluding carboxylic acids is 1. The Hall–Kier alpha value is -2.11. The van der Waals surface area contributed by atoms with Crippen LogP contribution in [0.4, 0.5) is 11.4 Å². The normalized spacial score (nSPS) is 15.3. The molecule has 1 aromatic carbocycles. The SMILES string of the molecule is CCCC1(CNC(=O)c2ccc(NC)c([N+](=O)[O-])c2)CC1. The summed E-state index contributed by atoms with van der Waals surface area (Å²) in [6, 6.07) is 4.49. The van der Waals surface area contributed by atoms with Crippen molar-refractivity contribution in [1.82, 2.24) is 5.32 Å². The second-order valence-electron chi connectivity index (χ2n) is 5.67. The molecule has 1 fully saturated rings. The van der Waals surface area contributed by atoms with Crippen LogP contribution in [0.2, 0.25) is 0 Å². The summed E-state index contributed by atoms with van der Waals surface area (Å²) in [5.41, 5.74) is 0.912. The van der Waals surface area contributed by atoms with Gasteiger partial charge in [0.05, 0.1) is 4.92 Å². The Balaban J connectivity index is 2.06. The molecule has 0 aromatic heterocycles. The van der Waals surface area contributed by atoms with Crippen LogP contribution in [-0.2, 0) is 0 Å². The quantitative estimate of drug-likeness (QED) is 0.597. The van der Waals surface area contributed by atoms with Gasteiger partial charge in [0.2, 0.25) is 0 Å². The smallest absolute Gasteiger partial charge is 0.293 e. The van der Waals surface area contributed by atoms with E-state index in [-0.39, 0.29) is 17.0 Å². The standard InChI is InChI=1S/C15H21N3O3/c1-3-6-15(7-8-15)10-17-14(19)11-4-5-12(16-2)13(9-11)18(20)21/h4-5,9,16H,3,6-8,10H2,1-2H3,(H,17,19). The molecule has 0 bridgehead atoms. The zero-order chi connectivity index (χ0) is 15.5. The van der Waals surface area contributed by atoms with Gasteiger partial charge in [-0.1, -0.05) is 13.3 Å². The van der Waals surface area contributed by atoms with Crippen molar-refractivity contribution >= 4 is 17.3 Å². The molecule has 0 heterocycles. The van der Waals surface area contributed by atoms with Crippen molar-refractivity contribution in [2.24, 2.45) is 5.41 Å². The number of carbonyl (C=O) groups is 1. The Morgan fingerprint density at radius 2 is 2.14 bits per heavy atom. The van der Waals surface area contributed by atoms with Crippen LogP contribution < -0.4 is 10.6 Å². The summed E-state index contributed by atoms with van der Waals surface area (Å²) in [6.07, 6.45) is 4.53. The highest BCUT2D eigenvalue weighted by Gasteiger charge is 2.41. The van der Waals surface area contributed by atoms with Crippen LogP contribution >= 0.6 is 0 Å². The number of amides is 1. The van der Waals surface area contributed by atoms with Gasteiger partial charge >= 0.3 is 0 Å². The molecule has 0 unspecified atom stereocenters. The molecular formula is C15H21N3O3. The average molecular weight is 291 g/mol. The molecule has 1 aromatic rings. The highest BCUT2D eigenvalue weighted by atomic mass is 16.6. The van der Waals surface area contributed by atoms with E-state index >= 15 is 0 Å². The summed E-state index contributed by atoms with van der Waals surface area (Å²) in [4.78, 5) is 22.7. The molecule has 1 aliphatic carbocycles. The van der Waals surface area contributed by atoms with E-state index in [4.69, 9.17) is 0 Å². The second kappa shape index (κ2) is 6.11. The second-order valence-corrected chi connectivity index (χ2v) is 5.67. The maximum absolute atomic E-state index is 12.1. The molecule has 6 nitrogen and oxygen atoms in total. The van der Waals surface area contributed by atoms with Crippen molar-refractivity contribution in [3.63, 3.8) is 0 Å². The van der Waals surface area contributed by atoms with Gasteiger partial charge in [-0.15, -0.1) is 0 Å². The Bertz CT molecular complexity index is 553. The first-order valence-electron chi connectivity index (χ1n) is 7.26. The largest absolute Gasteiger partial charge is 0.383 e. The molecule has 2 rings (SSSR count). The van der Waals surface area contributed by atoms with Crippen LogP contribution in [0.3, 0.4) is 0 Å². The van der Waals surface area contributed by atoms with E-state index in [1.54, 1.807) is 19.2 Å². The van der Waals surface area contributed by atoms with Crippen LogP contribution in [0.25, 0.3) is 0 Å². The lowest BCUT2D eigenvalue weighted by atomic mass is 10.0. The number of nitrogens with zero attached hydrogens (tertiary/aromatic N) is 1. The van der Waals surface area contributed by atoms with Crippen LogP contribution in [-0.4, -0.2) is 24.4 Å². The van der Waals surface area contributed by atoms with E-state index in [1.165, 1.54) is 6.07 Å². The molecule has 21 heavy (non-hydrogen) atoms. The molecule has 0 spiro atoms. The summed E-state index contributed by atoms with van der Waals surface area (Å²) >= 11 is 0. The number of nitro groups is 1. The van der Waals surface area contributed by atoms with Crippen molar-refractivity contribution in [3.8, 4) is 0 Å².